The maximum atomic E-state index is 12.1. The summed E-state index contributed by atoms with van der Waals surface area (Å²) in [6, 6.07) is 0. The fourth-order valence-electron chi connectivity index (χ4n) is 2.43. The predicted octanol–water partition coefficient (Wildman–Crippen LogP) is 6.21. The van der Waals surface area contributed by atoms with E-state index in [0.29, 0.717) is 0 Å². The molecule has 0 aliphatic heterocycles. The maximum absolute atomic E-state index is 12.1. The molecule has 0 saturated carbocycles. The minimum atomic E-state index is -2.73. The molecule has 0 unspecified atom stereocenters. The molecule has 0 amide bonds. The van der Waals surface area contributed by atoms with E-state index in [1.54, 1.807) is 6.08 Å². The third-order valence-corrected chi connectivity index (χ3v) is 16.5. The Bertz CT molecular complexity index is 277. The summed E-state index contributed by atoms with van der Waals surface area (Å²) in [6.45, 7) is 8.63. The van der Waals surface area contributed by atoms with Crippen LogP contribution in [0.5, 0.6) is 0 Å². The van der Waals surface area contributed by atoms with E-state index in [9.17, 15) is 4.79 Å². The summed E-state index contributed by atoms with van der Waals surface area (Å²) in [5, 5.41) is 0. The van der Waals surface area contributed by atoms with Crippen molar-refractivity contribution in [2.75, 3.05) is 0 Å². The summed E-state index contributed by atoms with van der Waals surface area (Å²) in [4.78, 5) is 12.1. The summed E-state index contributed by atoms with van der Waals surface area (Å²) in [7, 11) is 0. The Morgan fingerprint density at radius 3 is 1.70 bits per heavy atom. The number of carbonyl (C=O) groups excluding carboxylic acids is 1. The molecule has 20 heavy (non-hydrogen) atoms. The van der Waals surface area contributed by atoms with Gasteiger partial charge in [-0.25, -0.2) is 0 Å². The molecule has 0 atom stereocenters. The van der Waals surface area contributed by atoms with Crippen molar-refractivity contribution in [3.05, 3.63) is 9.66 Å². The molecule has 0 aromatic rings. The monoisotopic (exact) mass is 502 g/mol. The van der Waals surface area contributed by atoms with Crippen LogP contribution in [0.25, 0.3) is 0 Å². The summed E-state index contributed by atoms with van der Waals surface area (Å²) in [6.07, 6.45) is 8.95. The topological polar surface area (TPSA) is 26.3 Å². The summed E-state index contributed by atoms with van der Waals surface area (Å²) in [5.41, 5.74) is 0. The number of allylic oxidation sites excluding steroid dienone is 1. The third-order valence-electron chi connectivity index (χ3n) is 3.59. The van der Waals surface area contributed by atoms with Crippen LogP contribution in [0.4, 0.5) is 0 Å². The first-order valence-corrected chi connectivity index (χ1v) is 16.4. The fourth-order valence-corrected chi connectivity index (χ4v) is 15.6. The molecule has 0 saturated heterocycles. The molecule has 0 spiro atoms. The van der Waals surface area contributed by atoms with Gasteiger partial charge >= 0.3 is 144 Å². The SMILES string of the molecule is CCC[CH2][Sn]([CH2]CCC)([CH2]CCC)[O]C(=O)/C=C(\C)I. The van der Waals surface area contributed by atoms with Crippen LogP contribution in [0.2, 0.25) is 13.3 Å². The molecule has 0 aromatic carbocycles. The molecule has 0 heterocycles. The van der Waals surface area contributed by atoms with Crippen molar-refractivity contribution in [1.82, 2.24) is 0 Å². The molecule has 0 aliphatic rings. The van der Waals surface area contributed by atoms with Gasteiger partial charge in [0, 0.05) is 0 Å². The second-order valence-corrected chi connectivity index (χ2v) is 19.0. The van der Waals surface area contributed by atoms with E-state index >= 15 is 0 Å². The van der Waals surface area contributed by atoms with Crippen molar-refractivity contribution in [3.8, 4) is 0 Å². The average Bonchev–Trinajstić information content (AvgIpc) is 2.39. The normalized spacial score (nSPS) is 12.6. The first-order valence-electron chi connectivity index (χ1n) is 8.06. The summed E-state index contributed by atoms with van der Waals surface area (Å²) >= 11 is -0.552. The van der Waals surface area contributed by atoms with Crippen LogP contribution in [0.15, 0.2) is 9.66 Å². The van der Waals surface area contributed by atoms with Crippen LogP contribution >= 0.6 is 22.6 Å². The van der Waals surface area contributed by atoms with Crippen LogP contribution in [0.3, 0.4) is 0 Å². The molecule has 0 rings (SSSR count). The van der Waals surface area contributed by atoms with Gasteiger partial charge in [0.1, 0.15) is 0 Å². The first-order chi connectivity index (χ1) is 9.49. The van der Waals surface area contributed by atoms with E-state index in [4.69, 9.17) is 3.07 Å². The number of rotatable bonds is 11. The van der Waals surface area contributed by atoms with Crippen LogP contribution in [-0.4, -0.2) is 24.8 Å². The summed E-state index contributed by atoms with van der Waals surface area (Å²) in [5.74, 6) is -0.0731. The van der Waals surface area contributed by atoms with Crippen LogP contribution in [0, 0.1) is 0 Å². The van der Waals surface area contributed by atoms with E-state index < -0.39 is 18.8 Å². The van der Waals surface area contributed by atoms with E-state index in [1.807, 2.05) is 6.92 Å². The predicted molar refractivity (Wildman–Crippen MR) is 98.8 cm³/mol. The van der Waals surface area contributed by atoms with Gasteiger partial charge in [0.15, 0.2) is 0 Å². The average molecular weight is 501 g/mol. The second-order valence-electron chi connectivity index (χ2n) is 5.65. The van der Waals surface area contributed by atoms with Gasteiger partial charge < -0.3 is 0 Å². The van der Waals surface area contributed by atoms with Crippen LogP contribution in [0.1, 0.15) is 66.2 Å². The molecule has 0 aromatic heterocycles. The minimum absolute atomic E-state index is 0.0731. The Kier molecular flexibility index (Phi) is 12.8. The van der Waals surface area contributed by atoms with E-state index in [-0.39, 0.29) is 5.97 Å². The van der Waals surface area contributed by atoms with Crippen molar-refractivity contribution in [3.63, 3.8) is 0 Å². The van der Waals surface area contributed by atoms with Crippen LogP contribution < -0.4 is 0 Å². The van der Waals surface area contributed by atoms with Gasteiger partial charge in [-0.15, -0.1) is 0 Å². The van der Waals surface area contributed by atoms with Gasteiger partial charge in [-0.2, -0.15) is 0 Å². The molecule has 118 valence electrons. The molecule has 0 aliphatic carbocycles. The number of unbranched alkanes of at least 4 members (excludes halogenated alkanes) is 3. The van der Waals surface area contributed by atoms with Crippen molar-refractivity contribution in [1.29, 1.82) is 0 Å². The number of carbonyl (C=O) groups is 1. The second kappa shape index (κ2) is 12.3. The zero-order valence-corrected chi connectivity index (χ0v) is 18.6. The van der Waals surface area contributed by atoms with Crippen molar-refractivity contribution in [2.24, 2.45) is 0 Å². The number of halogens is 1. The molecule has 2 nitrogen and oxygen atoms in total. The Balaban J connectivity index is 4.91. The standard InChI is InChI=1S/C4H5IO2.3C4H9.Sn/c1-3(5)2-4(6)7;3*1-3-4-2;/h2H,1H3,(H,6,7);3*1,3-4H2,2H3;/q;;;;+1/p-1/b3-2+;;;;. The first kappa shape index (κ1) is 20.7. The van der Waals surface area contributed by atoms with Gasteiger partial charge in [-0.1, -0.05) is 0 Å². The van der Waals surface area contributed by atoms with Gasteiger partial charge in [0.2, 0.25) is 0 Å². The quantitative estimate of drug-likeness (QED) is 0.191. The Morgan fingerprint density at radius 2 is 1.40 bits per heavy atom. The van der Waals surface area contributed by atoms with Crippen molar-refractivity contribution < 1.29 is 7.87 Å². The number of hydrogen-bond acceptors (Lipinski definition) is 2. The van der Waals surface area contributed by atoms with Crippen molar-refractivity contribution >= 4 is 47.4 Å². The van der Waals surface area contributed by atoms with Gasteiger partial charge in [0.25, 0.3) is 0 Å². The van der Waals surface area contributed by atoms with Crippen molar-refractivity contribution in [2.45, 2.75) is 79.5 Å². The van der Waals surface area contributed by atoms with Gasteiger partial charge in [-0.3, -0.25) is 0 Å². The Morgan fingerprint density at radius 1 is 1.00 bits per heavy atom. The third kappa shape index (κ3) is 9.63. The molecular formula is C16H31IO2Sn. The van der Waals surface area contributed by atoms with E-state index in [2.05, 4.69) is 43.4 Å². The van der Waals surface area contributed by atoms with Gasteiger partial charge in [-0.05, 0) is 0 Å². The molecular weight excluding hydrogens is 470 g/mol. The zero-order chi connectivity index (χ0) is 15.4. The fraction of sp³-hybridized carbons (Fsp3) is 0.812. The Labute approximate surface area is 143 Å². The zero-order valence-electron chi connectivity index (χ0n) is 13.6. The molecule has 0 fully saturated rings. The van der Waals surface area contributed by atoms with E-state index in [0.717, 1.165) is 3.58 Å². The Hall–Kier alpha value is 0.739. The summed E-state index contributed by atoms with van der Waals surface area (Å²) < 4.78 is 10.8. The molecule has 0 radical (unpaired) electrons. The van der Waals surface area contributed by atoms with Crippen LogP contribution in [-0.2, 0) is 7.87 Å². The van der Waals surface area contributed by atoms with Gasteiger partial charge in [0.05, 0.1) is 0 Å². The molecule has 4 heteroatoms. The van der Waals surface area contributed by atoms with E-state index in [1.165, 1.54) is 51.8 Å². The number of hydrogen-bond donors (Lipinski definition) is 0. The molecule has 0 N–H and O–H groups in total. The molecule has 0 bridgehead atoms.